The lowest BCUT2D eigenvalue weighted by Gasteiger charge is -2.32. The van der Waals surface area contributed by atoms with Gasteiger partial charge in [0, 0.05) is 5.41 Å². The second-order valence-electron chi connectivity index (χ2n) is 5.02. The van der Waals surface area contributed by atoms with Gasteiger partial charge in [-0.25, -0.2) is 0 Å². The predicted octanol–water partition coefficient (Wildman–Crippen LogP) is 2.80. The molecule has 13 heavy (non-hydrogen) atoms. The topological polar surface area (TPSA) is 29.1 Å². The van der Waals surface area contributed by atoms with Crippen molar-refractivity contribution >= 4 is 18.7 Å². The van der Waals surface area contributed by atoms with E-state index in [1.165, 1.54) is 0 Å². The molecule has 0 saturated carbocycles. The van der Waals surface area contributed by atoms with Crippen molar-refractivity contribution in [2.24, 2.45) is 10.8 Å². The first-order valence-electron chi connectivity index (χ1n) is 4.70. The largest absolute Gasteiger partial charge is 0.302 e. The number of rotatable bonds is 4. The van der Waals surface area contributed by atoms with Crippen LogP contribution in [0, 0.1) is 10.8 Å². The lowest BCUT2D eigenvalue weighted by Crippen LogP contribution is -2.35. The van der Waals surface area contributed by atoms with Crippen molar-refractivity contribution in [3.63, 3.8) is 0 Å². The molecule has 0 aromatic carbocycles. The molecule has 0 aromatic rings. The van der Waals surface area contributed by atoms with Gasteiger partial charge in [-0.15, -0.1) is 0 Å². The highest BCUT2D eigenvalue weighted by atomic mass is 32.1. The Labute approximate surface area is 87.0 Å². The average Bonchev–Trinajstić information content (AvgIpc) is 2.01. The minimum Gasteiger partial charge on any atom is -0.302 e. The molecule has 0 aliphatic carbocycles. The fourth-order valence-electron chi connectivity index (χ4n) is 1.55. The van der Waals surface area contributed by atoms with Crippen LogP contribution in [-0.4, -0.2) is 5.91 Å². The lowest BCUT2D eigenvalue weighted by atomic mass is 9.73. The first kappa shape index (κ1) is 12.8. The summed E-state index contributed by atoms with van der Waals surface area (Å²) < 4.78 is 2.41. The molecule has 1 N–H and O–H groups in total. The molecule has 0 aliphatic heterocycles. The summed E-state index contributed by atoms with van der Waals surface area (Å²) in [5.41, 5.74) is -0.120. The maximum absolute atomic E-state index is 11.4. The molecule has 0 spiro atoms. The maximum atomic E-state index is 11.4. The van der Waals surface area contributed by atoms with Crippen LogP contribution < -0.4 is 4.72 Å². The van der Waals surface area contributed by atoms with Crippen LogP contribution in [0.4, 0.5) is 0 Å². The zero-order valence-electron chi connectivity index (χ0n) is 9.27. The summed E-state index contributed by atoms with van der Waals surface area (Å²) in [7, 11) is 0. The summed E-state index contributed by atoms with van der Waals surface area (Å²) in [4.78, 5) is 11.4. The van der Waals surface area contributed by atoms with Crippen molar-refractivity contribution in [3.8, 4) is 0 Å². The molecule has 0 rings (SSSR count). The van der Waals surface area contributed by atoms with E-state index in [9.17, 15) is 4.79 Å². The van der Waals surface area contributed by atoms with Crippen LogP contribution in [0.25, 0.3) is 0 Å². The highest BCUT2D eigenvalue weighted by Gasteiger charge is 2.33. The van der Waals surface area contributed by atoms with Gasteiger partial charge in [-0.1, -0.05) is 53.9 Å². The number of nitrogens with one attached hydrogen (secondary N) is 1. The third kappa shape index (κ3) is 4.03. The quantitative estimate of drug-likeness (QED) is 0.676. The molecule has 0 aliphatic rings. The monoisotopic (exact) mass is 203 g/mol. The number of carbonyl (C=O) groups is 1. The van der Waals surface area contributed by atoms with Gasteiger partial charge in [0.25, 0.3) is 0 Å². The molecule has 0 bridgehead atoms. The minimum absolute atomic E-state index is 0.00245. The molecule has 78 valence electrons. The highest BCUT2D eigenvalue weighted by Crippen LogP contribution is 2.36. The van der Waals surface area contributed by atoms with E-state index in [2.05, 4.69) is 38.3 Å². The predicted molar refractivity (Wildman–Crippen MR) is 59.6 cm³/mol. The van der Waals surface area contributed by atoms with Crippen LogP contribution in [-0.2, 0) is 4.79 Å². The first-order valence-corrected chi connectivity index (χ1v) is 5.14. The van der Waals surface area contributed by atoms with E-state index in [0.29, 0.717) is 0 Å². The van der Waals surface area contributed by atoms with Crippen molar-refractivity contribution < 1.29 is 4.79 Å². The fraction of sp³-hybridized carbons (Fsp3) is 0.900. The number of thiol groups is 1. The van der Waals surface area contributed by atoms with Gasteiger partial charge in [-0.05, 0) is 11.8 Å². The summed E-state index contributed by atoms with van der Waals surface area (Å²) in [6.07, 6.45) is 1.96. The third-order valence-corrected chi connectivity index (χ3v) is 2.80. The Balaban J connectivity index is 4.41. The van der Waals surface area contributed by atoms with Crippen molar-refractivity contribution in [2.45, 2.75) is 47.5 Å². The van der Waals surface area contributed by atoms with Gasteiger partial charge < -0.3 is 4.72 Å². The van der Waals surface area contributed by atoms with Crippen LogP contribution in [0.5, 0.6) is 0 Å². The normalized spacial score (nSPS) is 12.8. The molecule has 1 amide bonds. The lowest BCUT2D eigenvalue weighted by molar-refractivity contribution is -0.128. The molecular weight excluding hydrogens is 182 g/mol. The minimum atomic E-state index is -0.332. The Morgan fingerprint density at radius 3 is 2.08 bits per heavy atom. The Morgan fingerprint density at radius 1 is 1.31 bits per heavy atom. The van der Waals surface area contributed by atoms with Gasteiger partial charge in [-0.2, -0.15) is 0 Å². The van der Waals surface area contributed by atoms with Crippen molar-refractivity contribution in [1.82, 2.24) is 4.72 Å². The van der Waals surface area contributed by atoms with Gasteiger partial charge in [0.05, 0.1) is 0 Å². The molecular formula is C10H21NOS. The summed E-state index contributed by atoms with van der Waals surface area (Å²) >= 11 is 3.79. The second kappa shape index (κ2) is 4.36. The number of hydrogen-bond donors (Lipinski definition) is 2. The molecule has 3 heteroatoms. The van der Waals surface area contributed by atoms with Crippen LogP contribution in [0.2, 0.25) is 0 Å². The summed E-state index contributed by atoms with van der Waals surface area (Å²) in [6, 6.07) is 0. The molecule has 0 atom stereocenters. The van der Waals surface area contributed by atoms with E-state index < -0.39 is 0 Å². The smallest absolute Gasteiger partial charge is 0.235 e. The van der Waals surface area contributed by atoms with E-state index in [0.717, 1.165) is 12.8 Å². The van der Waals surface area contributed by atoms with Crippen LogP contribution in [0.1, 0.15) is 47.5 Å². The van der Waals surface area contributed by atoms with E-state index in [-0.39, 0.29) is 16.7 Å². The van der Waals surface area contributed by atoms with Gasteiger partial charge in [0.2, 0.25) is 5.91 Å². The SMILES string of the molecule is CCC(C)(C)CC(C)(C)C(=O)NS. The zero-order valence-corrected chi connectivity index (χ0v) is 10.2. The maximum Gasteiger partial charge on any atom is 0.235 e. The Morgan fingerprint density at radius 2 is 1.77 bits per heavy atom. The molecule has 0 heterocycles. The third-order valence-electron chi connectivity index (χ3n) is 2.59. The molecule has 0 fully saturated rings. The number of hydrogen-bond acceptors (Lipinski definition) is 2. The summed E-state index contributed by atoms with van der Waals surface area (Å²) in [6.45, 7) is 10.4. The van der Waals surface area contributed by atoms with Gasteiger partial charge in [0.1, 0.15) is 0 Å². The molecule has 0 unspecified atom stereocenters. The van der Waals surface area contributed by atoms with Gasteiger partial charge in [0.15, 0.2) is 0 Å². The Bertz CT molecular complexity index is 187. The molecule has 0 radical (unpaired) electrons. The van der Waals surface area contributed by atoms with E-state index in [4.69, 9.17) is 0 Å². The van der Waals surface area contributed by atoms with Crippen molar-refractivity contribution in [2.75, 3.05) is 0 Å². The van der Waals surface area contributed by atoms with E-state index in [1.54, 1.807) is 0 Å². The van der Waals surface area contributed by atoms with E-state index >= 15 is 0 Å². The van der Waals surface area contributed by atoms with Crippen molar-refractivity contribution in [3.05, 3.63) is 0 Å². The second-order valence-corrected chi connectivity index (χ2v) is 5.24. The van der Waals surface area contributed by atoms with E-state index in [1.807, 2.05) is 13.8 Å². The summed E-state index contributed by atoms with van der Waals surface area (Å²) in [5.74, 6) is -0.00245. The number of amides is 1. The summed E-state index contributed by atoms with van der Waals surface area (Å²) in [5, 5.41) is 0. The molecule has 0 aromatic heterocycles. The number of carbonyl (C=O) groups excluding carboxylic acids is 1. The van der Waals surface area contributed by atoms with Crippen molar-refractivity contribution in [1.29, 1.82) is 0 Å². The Hall–Kier alpha value is -0.180. The first-order chi connectivity index (χ1) is 5.75. The highest BCUT2D eigenvalue weighted by molar-refractivity contribution is 7.78. The van der Waals surface area contributed by atoms with Crippen LogP contribution in [0.15, 0.2) is 0 Å². The zero-order chi connectivity index (χ0) is 10.7. The van der Waals surface area contributed by atoms with Crippen LogP contribution in [0.3, 0.4) is 0 Å². The van der Waals surface area contributed by atoms with Gasteiger partial charge in [-0.3, -0.25) is 4.79 Å². The van der Waals surface area contributed by atoms with Gasteiger partial charge >= 0.3 is 0 Å². The standard InChI is InChI=1S/C10H21NOS/c1-6-9(2,3)7-10(4,5)8(12)11-13/h13H,6-7H2,1-5H3,(H,11,12). The fourth-order valence-corrected chi connectivity index (χ4v) is 1.86. The van der Waals surface area contributed by atoms with Crippen LogP contribution >= 0.6 is 12.8 Å². The average molecular weight is 203 g/mol. The molecule has 0 saturated heterocycles. The molecule has 2 nitrogen and oxygen atoms in total. The Kier molecular flexibility index (Phi) is 4.30.